The summed E-state index contributed by atoms with van der Waals surface area (Å²) in [5.41, 5.74) is 7.33. The second kappa shape index (κ2) is 5.92. The second-order valence-electron chi connectivity index (χ2n) is 4.77. The predicted molar refractivity (Wildman–Crippen MR) is 70.5 cm³/mol. The van der Waals surface area contributed by atoms with Crippen LogP contribution in [0.5, 0.6) is 11.5 Å². The van der Waals surface area contributed by atoms with E-state index in [1.165, 1.54) is 0 Å². The highest BCUT2D eigenvalue weighted by atomic mass is 16.5. The summed E-state index contributed by atoms with van der Waals surface area (Å²) < 4.78 is 10.5. The lowest BCUT2D eigenvalue weighted by Gasteiger charge is -2.24. The summed E-state index contributed by atoms with van der Waals surface area (Å²) in [7, 11) is 3.30. The van der Waals surface area contributed by atoms with Crippen LogP contribution in [0.4, 0.5) is 0 Å². The molecule has 0 aliphatic rings. The number of nitrogens with two attached hydrogens (primary N) is 1. The van der Waals surface area contributed by atoms with Gasteiger partial charge in [0.2, 0.25) is 0 Å². The Morgan fingerprint density at radius 2 is 1.41 bits per heavy atom. The first-order valence-corrected chi connectivity index (χ1v) is 5.98. The Labute approximate surface area is 104 Å². The van der Waals surface area contributed by atoms with Gasteiger partial charge in [0.25, 0.3) is 0 Å². The molecular formula is C14H23NO2. The molecule has 1 rings (SSSR count). The Morgan fingerprint density at radius 3 is 1.76 bits per heavy atom. The van der Waals surface area contributed by atoms with Gasteiger partial charge in [-0.2, -0.15) is 0 Å². The molecule has 0 aliphatic heterocycles. The molecule has 2 N–H and O–H groups in total. The van der Waals surface area contributed by atoms with Gasteiger partial charge >= 0.3 is 0 Å². The van der Waals surface area contributed by atoms with Gasteiger partial charge in [0.1, 0.15) is 11.5 Å². The molecule has 0 bridgehead atoms. The van der Waals surface area contributed by atoms with Crippen molar-refractivity contribution in [3.63, 3.8) is 0 Å². The maximum absolute atomic E-state index is 6.28. The molecule has 0 aliphatic carbocycles. The average molecular weight is 237 g/mol. The molecule has 17 heavy (non-hydrogen) atoms. The summed E-state index contributed by atoms with van der Waals surface area (Å²) in [5.74, 6) is 2.52. The molecule has 0 saturated carbocycles. The zero-order chi connectivity index (χ0) is 13.0. The van der Waals surface area contributed by atoms with Crippen LogP contribution in [0.1, 0.15) is 32.4 Å². The minimum atomic E-state index is -0.000926. The molecule has 3 heteroatoms. The Bertz CT molecular complexity index is 341. The maximum atomic E-state index is 6.28. The van der Waals surface area contributed by atoms with Gasteiger partial charge in [0, 0.05) is 12.1 Å². The van der Waals surface area contributed by atoms with Crippen molar-refractivity contribution in [2.45, 2.75) is 26.8 Å². The molecule has 1 aromatic carbocycles. The smallest absolute Gasteiger partial charge is 0.122 e. The molecule has 0 aromatic heterocycles. The minimum Gasteiger partial charge on any atom is -0.497 e. The summed E-state index contributed by atoms with van der Waals surface area (Å²) in [6.07, 6.45) is 0. The highest BCUT2D eigenvalue weighted by Gasteiger charge is 2.19. The van der Waals surface area contributed by atoms with E-state index in [0.717, 1.165) is 17.1 Å². The zero-order valence-corrected chi connectivity index (χ0v) is 11.4. The van der Waals surface area contributed by atoms with Crippen molar-refractivity contribution in [3.8, 4) is 11.5 Å². The highest BCUT2D eigenvalue weighted by Crippen LogP contribution is 2.31. The Balaban J connectivity index is 3.03. The van der Waals surface area contributed by atoms with Crippen molar-refractivity contribution < 1.29 is 9.47 Å². The van der Waals surface area contributed by atoms with Gasteiger partial charge in [-0.3, -0.25) is 0 Å². The largest absolute Gasteiger partial charge is 0.497 e. The van der Waals surface area contributed by atoms with Gasteiger partial charge in [-0.15, -0.1) is 0 Å². The summed E-state index contributed by atoms with van der Waals surface area (Å²) in [6.45, 7) is 6.53. The van der Waals surface area contributed by atoms with Gasteiger partial charge in [-0.05, 0) is 29.5 Å². The molecule has 96 valence electrons. The molecule has 2 atom stereocenters. The van der Waals surface area contributed by atoms with E-state index in [1.807, 2.05) is 18.2 Å². The van der Waals surface area contributed by atoms with Gasteiger partial charge < -0.3 is 15.2 Å². The van der Waals surface area contributed by atoms with Crippen LogP contribution in [0.25, 0.3) is 0 Å². The molecule has 0 amide bonds. The van der Waals surface area contributed by atoms with E-state index in [9.17, 15) is 0 Å². The zero-order valence-electron chi connectivity index (χ0n) is 11.4. The van der Waals surface area contributed by atoms with Crippen molar-refractivity contribution in [3.05, 3.63) is 23.8 Å². The third-order valence-electron chi connectivity index (χ3n) is 3.38. The molecule has 0 heterocycles. The lowest BCUT2D eigenvalue weighted by atomic mass is 9.86. The predicted octanol–water partition coefficient (Wildman–Crippen LogP) is 3.00. The molecule has 2 unspecified atom stereocenters. The monoisotopic (exact) mass is 237 g/mol. The lowest BCUT2D eigenvalue weighted by Crippen LogP contribution is -2.23. The summed E-state index contributed by atoms with van der Waals surface area (Å²) in [5, 5.41) is 0. The number of rotatable bonds is 5. The molecule has 3 nitrogen and oxygen atoms in total. The van der Waals surface area contributed by atoms with Crippen LogP contribution in [-0.4, -0.2) is 14.2 Å². The van der Waals surface area contributed by atoms with E-state index in [-0.39, 0.29) is 6.04 Å². The van der Waals surface area contributed by atoms with Crippen LogP contribution in [0.3, 0.4) is 0 Å². The van der Waals surface area contributed by atoms with Crippen molar-refractivity contribution >= 4 is 0 Å². The van der Waals surface area contributed by atoms with E-state index >= 15 is 0 Å². The minimum absolute atomic E-state index is 0.000926. The van der Waals surface area contributed by atoms with E-state index in [2.05, 4.69) is 20.8 Å². The van der Waals surface area contributed by atoms with Gasteiger partial charge in [0.15, 0.2) is 0 Å². The number of ether oxygens (including phenoxy) is 2. The van der Waals surface area contributed by atoms with Gasteiger partial charge in [0.05, 0.1) is 14.2 Å². The van der Waals surface area contributed by atoms with Gasteiger partial charge in [-0.1, -0.05) is 20.8 Å². The summed E-state index contributed by atoms with van der Waals surface area (Å²) in [4.78, 5) is 0. The first-order chi connectivity index (χ1) is 7.99. The van der Waals surface area contributed by atoms with E-state index in [0.29, 0.717) is 11.8 Å². The van der Waals surface area contributed by atoms with Crippen molar-refractivity contribution in [2.24, 2.45) is 17.6 Å². The van der Waals surface area contributed by atoms with Crippen LogP contribution < -0.4 is 15.2 Å². The van der Waals surface area contributed by atoms with Crippen LogP contribution in [-0.2, 0) is 0 Å². The van der Waals surface area contributed by atoms with Crippen molar-refractivity contribution in [2.75, 3.05) is 14.2 Å². The van der Waals surface area contributed by atoms with Crippen LogP contribution in [0.2, 0.25) is 0 Å². The average Bonchev–Trinajstić information content (AvgIpc) is 2.35. The van der Waals surface area contributed by atoms with E-state index < -0.39 is 0 Å². The van der Waals surface area contributed by atoms with Crippen LogP contribution >= 0.6 is 0 Å². The molecular weight excluding hydrogens is 214 g/mol. The second-order valence-corrected chi connectivity index (χ2v) is 4.77. The Hall–Kier alpha value is -1.22. The molecule has 1 aromatic rings. The summed E-state index contributed by atoms with van der Waals surface area (Å²) >= 11 is 0. The van der Waals surface area contributed by atoms with Crippen LogP contribution in [0, 0.1) is 11.8 Å². The maximum Gasteiger partial charge on any atom is 0.122 e. The first kappa shape index (κ1) is 13.8. The number of methoxy groups -OCH3 is 2. The molecule has 0 spiro atoms. The third kappa shape index (κ3) is 3.37. The SMILES string of the molecule is COc1cc(OC)cc(C(N)C(C)C(C)C)c1. The topological polar surface area (TPSA) is 44.5 Å². The van der Waals surface area contributed by atoms with Crippen LogP contribution in [0.15, 0.2) is 18.2 Å². The third-order valence-corrected chi connectivity index (χ3v) is 3.38. The Kier molecular flexibility index (Phi) is 4.82. The van der Waals surface area contributed by atoms with E-state index in [4.69, 9.17) is 15.2 Å². The van der Waals surface area contributed by atoms with E-state index in [1.54, 1.807) is 14.2 Å². The number of hydrogen-bond acceptors (Lipinski definition) is 3. The fourth-order valence-corrected chi connectivity index (χ4v) is 1.74. The normalized spacial score (nSPS) is 14.5. The fraction of sp³-hybridized carbons (Fsp3) is 0.571. The first-order valence-electron chi connectivity index (χ1n) is 5.98. The standard InChI is InChI=1S/C14H23NO2/c1-9(2)10(3)14(15)11-6-12(16-4)8-13(7-11)17-5/h6-10,14H,15H2,1-5H3. The van der Waals surface area contributed by atoms with Crippen molar-refractivity contribution in [1.29, 1.82) is 0 Å². The number of hydrogen-bond donors (Lipinski definition) is 1. The highest BCUT2D eigenvalue weighted by molar-refractivity contribution is 5.39. The quantitative estimate of drug-likeness (QED) is 0.856. The van der Waals surface area contributed by atoms with Crippen molar-refractivity contribution in [1.82, 2.24) is 0 Å². The Morgan fingerprint density at radius 1 is 0.941 bits per heavy atom. The summed E-state index contributed by atoms with van der Waals surface area (Å²) in [6, 6.07) is 5.81. The molecule has 0 radical (unpaired) electrons. The molecule has 0 saturated heterocycles. The lowest BCUT2D eigenvalue weighted by molar-refractivity contribution is 0.347. The molecule has 0 fully saturated rings. The number of benzene rings is 1. The fourth-order valence-electron chi connectivity index (χ4n) is 1.74. The van der Waals surface area contributed by atoms with Gasteiger partial charge in [-0.25, -0.2) is 0 Å².